The van der Waals surface area contributed by atoms with Crippen molar-refractivity contribution in [1.82, 2.24) is 4.98 Å². The van der Waals surface area contributed by atoms with Crippen molar-refractivity contribution in [3.05, 3.63) is 16.6 Å². The first-order valence-electron chi connectivity index (χ1n) is 5.02. The number of thiazole rings is 1. The van der Waals surface area contributed by atoms with E-state index in [1.54, 1.807) is 17.5 Å². The predicted molar refractivity (Wildman–Crippen MR) is 55.4 cm³/mol. The molecule has 0 saturated carbocycles. The Bertz CT molecular complexity index is 257. The van der Waals surface area contributed by atoms with E-state index in [9.17, 15) is 5.11 Å². The van der Waals surface area contributed by atoms with Gasteiger partial charge < -0.3 is 9.84 Å². The Morgan fingerprint density at radius 1 is 1.71 bits per heavy atom. The molecular formula is C10H15NO2S. The van der Waals surface area contributed by atoms with Crippen LogP contribution in [-0.2, 0) is 11.2 Å². The van der Waals surface area contributed by atoms with Crippen molar-refractivity contribution in [2.45, 2.75) is 37.9 Å². The quantitative estimate of drug-likeness (QED) is 0.826. The standard InChI is InChI=1S/C10H15NO2S/c12-8(6-9-2-1-4-13-9)7-10-11-3-5-14-10/h3,5,8-9,12H,1-2,4,6-7H2. The summed E-state index contributed by atoms with van der Waals surface area (Å²) in [6.45, 7) is 0.856. The van der Waals surface area contributed by atoms with Crippen molar-refractivity contribution in [1.29, 1.82) is 0 Å². The average molecular weight is 213 g/mol. The van der Waals surface area contributed by atoms with Gasteiger partial charge in [0.2, 0.25) is 0 Å². The van der Waals surface area contributed by atoms with Gasteiger partial charge in [0.05, 0.1) is 17.2 Å². The fourth-order valence-electron chi connectivity index (χ4n) is 1.77. The van der Waals surface area contributed by atoms with E-state index < -0.39 is 0 Å². The Labute approximate surface area is 87.7 Å². The zero-order valence-electron chi connectivity index (χ0n) is 8.06. The van der Waals surface area contributed by atoms with Gasteiger partial charge in [-0.25, -0.2) is 4.98 Å². The van der Waals surface area contributed by atoms with Crippen molar-refractivity contribution >= 4 is 11.3 Å². The highest BCUT2D eigenvalue weighted by Crippen LogP contribution is 2.19. The van der Waals surface area contributed by atoms with Crippen LogP contribution in [0.1, 0.15) is 24.3 Å². The number of aliphatic hydroxyl groups excluding tert-OH is 1. The number of aromatic nitrogens is 1. The van der Waals surface area contributed by atoms with Gasteiger partial charge in [0.1, 0.15) is 0 Å². The summed E-state index contributed by atoms with van der Waals surface area (Å²) in [5.74, 6) is 0. The van der Waals surface area contributed by atoms with Crippen LogP contribution in [0.3, 0.4) is 0 Å². The Kier molecular flexibility index (Phi) is 3.50. The molecule has 0 spiro atoms. The van der Waals surface area contributed by atoms with Crippen LogP contribution in [0.4, 0.5) is 0 Å². The molecule has 0 aliphatic carbocycles. The minimum atomic E-state index is -0.302. The molecule has 0 aromatic carbocycles. The highest BCUT2D eigenvalue weighted by molar-refractivity contribution is 7.09. The second-order valence-electron chi connectivity index (χ2n) is 3.65. The molecule has 1 saturated heterocycles. The zero-order chi connectivity index (χ0) is 9.80. The molecule has 0 bridgehead atoms. The molecule has 0 radical (unpaired) electrons. The summed E-state index contributed by atoms with van der Waals surface area (Å²) in [7, 11) is 0. The van der Waals surface area contributed by atoms with E-state index in [2.05, 4.69) is 4.98 Å². The third-order valence-electron chi connectivity index (χ3n) is 2.45. The first-order valence-corrected chi connectivity index (χ1v) is 5.90. The Morgan fingerprint density at radius 3 is 3.29 bits per heavy atom. The summed E-state index contributed by atoms with van der Waals surface area (Å²) in [6, 6.07) is 0. The van der Waals surface area contributed by atoms with E-state index in [1.807, 2.05) is 5.38 Å². The van der Waals surface area contributed by atoms with E-state index in [-0.39, 0.29) is 12.2 Å². The lowest BCUT2D eigenvalue weighted by Crippen LogP contribution is -2.19. The van der Waals surface area contributed by atoms with Gasteiger partial charge in [-0.2, -0.15) is 0 Å². The molecule has 4 heteroatoms. The maximum absolute atomic E-state index is 9.77. The van der Waals surface area contributed by atoms with E-state index in [1.165, 1.54) is 0 Å². The first-order chi connectivity index (χ1) is 6.84. The minimum Gasteiger partial charge on any atom is -0.393 e. The van der Waals surface area contributed by atoms with Crippen LogP contribution in [0.25, 0.3) is 0 Å². The molecule has 2 atom stereocenters. The topological polar surface area (TPSA) is 42.4 Å². The summed E-state index contributed by atoms with van der Waals surface area (Å²) in [4.78, 5) is 4.15. The third-order valence-corrected chi connectivity index (χ3v) is 3.25. The number of rotatable bonds is 4. The fourth-order valence-corrected chi connectivity index (χ4v) is 2.46. The van der Waals surface area contributed by atoms with Crippen molar-refractivity contribution < 1.29 is 9.84 Å². The number of aliphatic hydroxyl groups is 1. The number of ether oxygens (including phenoxy) is 1. The van der Waals surface area contributed by atoms with Crippen molar-refractivity contribution in [2.24, 2.45) is 0 Å². The third kappa shape index (κ3) is 2.77. The average Bonchev–Trinajstić information content (AvgIpc) is 2.76. The molecule has 1 fully saturated rings. The highest BCUT2D eigenvalue weighted by Gasteiger charge is 2.19. The van der Waals surface area contributed by atoms with Gasteiger partial charge in [-0.3, -0.25) is 0 Å². The molecule has 14 heavy (non-hydrogen) atoms. The van der Waals surface area contributed by atoms with Crippen LogP contribution >= 0.6 is 11.3 Å². The lowest BCUT2D eigenvalue weighted by Gasteiger charge is -2.13. The van der Waals surface area contributed by atoms with Crippen molar-refractivity contribution in [2.75, 3.05) is 6.61 Å². The second kappa shape index (κ2) is 4.87. The Hall–Kier alpha value is -0.450. The molecule has 2 rings (SSSR count). The monoisotopic (exact) mass is 213 g/mol. The minimum absolute atomic E-state index is 0.268. The van der Waals surface area contributed by atoms with Crippen LogP contribution in [0.2, 0.25) is 0 Å². The zero-order valence-corrected chi connectivity index (χ0v) is 8.87. The molecule has 1 N–H and O–H groups in total. The normalized spacial score (nSPS) is 23.9. The highest BCUT2D eigenvalue weighted by atomic mass is 32.1. The molecule has 1 aromatic heterocycles. The fraction of sp³-hybridized carbons (Fsp3) is 0.700. The van der Waals surface area contributed by atoms with E-state index >= 15 is 0 Å². The predicted octanol–water partition coefficient (Wildman–Crippen LogP) is 1.62. The largest absolute Gasteiger partial charge is 0.393 e. The Balaban J connectivity index is 1.75. The molecule has 1 aliphatic heterocycles. The van der Waals surface area contributed by atoms with Gasteiger partial charge in [-0.1, -0.05) is 0 Å². The SMILES string of the molecule is OC(Cc1nccs1)CC1CCCO1. The smallest absolute Gasteiger partial charge is 0.0950 e. The molecule has 1 aliphatic rings. The number of hydrogen-bond acceptors (Lipinski definition) is 4. The molecule has 0 amide bonds. The van der Waals surface area contributed by atoms with Crippen LogP contribution in [-0.4, -0.2) is 28.9 Å². The van der Waals surface area contributed by atoms with Crippen LogP contribution in [0.5, 0.6) is 0 Å². The lowest BCUT2D eigenvalue weighted by atomic mass is 10.1. The summed E-state index contributed by atoms with van der Waals surface area (Å²) in [5, 5.41) is 12.7. The van der Waals surface area contributed by atoms with Gasteiger partial charge >= 0.3 is 0 Å². The van der Waals surface area contributed by atoms with Crippen LogP contribution in [0.15, 0.2) is 11.6 Å². The second-order valence-corrected chi connectivity index (χ2v) is 4.63. The van der Waals surface area contributed by atoms with Gasteiger partial charge in [0.25, 0.3) is 0 Å². The molecule has 1 aromatic rings. The van der Waals surface area contributed by atoms with Crippen LogP contribution < -0.4 is 0 Å². The van der Waals surface area contributed by atoms with Gasteiger partial charge in [-0.15, -0.1) is 11.3 Å². The van der Waals surface area contributed by atoms with Crippen LogP contribution in [0, 0.1) is 0 Å². The number of hydrogen-bond donors (Lipinski definition) is 1. The lowest BCUT2D eigenvalue weighted by molar-refractivity contribution is 0.0541. The van der Waals surface area contributed by atoms with Crippen molar-refractivity contribution in [3.8, 4) is 0 Å². The maximum atomic E-state index is 9.77. The van der Waals surface area contributed by atoms with E-state index in [0.29, 0.717) is 6.42 Å². The summed E-state index contributed by atoms with van der Waals surface area (Å²) >= 11 is 1.60. The van der Waals surface area contributed by atoms with E-state index in [0.717, 1.165) is 30.9 Å². The van der Waals surface area contributed by atoms with Gasteiger partial charge in [0, 0.05) is 24.6 Å². The maximum Gasteiger partial charge on any atom is 0.0950 e. The van der Waals surface area contributed by atoms with Gasteiger partial charge in [0.15, 0.2) is 0 Å². The first kappa shape index (κ1) is 10.1. The van der Waals surface area contributed by atoms with E-state index in [4.69, 9.17) is 4.74 Å². The summed E-state index contributed by atoms with van der Waals surface area (Å²) in [6.07, 6.45) is 5.38. The molecule has 2 heterocycles. The Morgan fingerprint density at radius 2 is 2.64 bits per heavy atom. The van der Waals surface area contributed by atoms with Gasteiger partial charge in [-0.05, 0) is 19.3 Å². The number of nitrogens with zero attached hydrogens (tertiary/aromatic N) is 1. The van der Waals surface area contributed by atoms with Crippen molar-refractivity contribution in [3.63, 3.8) is 0 Å². The molecule has 2 unspecified atom stereocenters. The summed E-state index contributed by atoms with van der Waals surface area (Å²) in [5.41, 5.74) is 0. The molecule has 78 valence electrons. The summed E-state index contributed by atoms with van der Waals surface area (Å²) < 4.78 is 5.47. The molecule has 3 nitrogen and oxygen atoms in total. The molecular weight excluding hydrogens is 198 g/mol.